The van der Waals surface area contributed by atoms with Crippen molar-refractivity contribution < 1.29 is 24.0 Å². The number of carbonyl (C=O) groups is 5. The number of benzene rings is 3. The van der Waals surface area contributed by atoms with Crippen molar-refractivity contribution in [2.24, 2.45) is 5.73 Å². The molecule has 1 aliphatic carbocycles. The Bertz CT molecular complexity index is 1790. The van der Waals surface area contributed by atoms with E-state index in [0.717, 1.165) is 59.1 Å². The van der Waals surface area contributed by atoms with Gasteiger partial charge in [-0.2, -0.15) is 0 Å². The van der Waals surface area contributed by atoms with Gasteiger partial charge in [-0.1, -0.05) is 43.8 Å². The van der Waals surface area contributed by atoms with Gasteiger partial charge in [-0.15, -0.1) is 0 Å². The Balaban J connectivity index is 0.000000201. The van der Waals surface area contributed by atoms with E-state index in [1.54, 1.807) is 24.3 Å². The topological polar surface area (TPSA) is 146 Å². The van der Waals surface area contributed by atoms with Crippen LogP contribution in [0.2, 0.25) is 0 Å². The minimum atomic E-state index is -0.536. The smallest absolute Gasteiger partial charge is 0.296 e. The maximum atomic E-state index is 13.0. The molecule has 3 N–H and O–H groups in total. The highest BCUT2D eigenvalue weighted by atomic mass is 16.2. The van der Waals surface area contributed by atoms with Gasteiger partial charge in [-0.05, 0) is 64.9 Å². The maximum absolute atomic E-state index is 13.0. The Labute approximate surface area is 282 Å². The molecule has 0 unspecified atom stereocenters. The number of pyridine rings is 1. The molecule has 1 aromatic heterocycles. The van der Waals surface area contributed by atoms with Gasteiger partial charge in [0.1, 0.15) is 11.6 Å². The number of nitrogens with two attached hydrogens (primary N) is 1. The number of nitrogens with zero attached hydrogens (tertiary/aromatic N) is 4. The fourth-order valence-corrected chi connectivity index (χ4v) is 5.37. The second kappa shape index (κ2) is 17.4. The van der Waals surface area contributed by atoms with E-state index in [1.807, 2.05) is 75.6 Å². The number of nitrogens with one attached hydrogen (secondary N) is 1. The largest absolute Gasteiger partial charge is 0.329 e. The van der Waals surface area contributed by atoms with Gasteiger partial charge in [-0.3, -0.25) is 24.0 Å². The molecule has 7 rings (SSSR count). The average molecular weight is 655 g/mol. The highest BCUT2D eigenvalue weighted by Crippen LogP contribution is 2.39. The van der Waals surface area contributed by atoms with Gasteiger partial charge >= 0.3 is 0 Å². The maximum Gasteiger partial charge on any atom is 0.296 e. The molecule has 0 saturated heterocycles. The zero-order valence-electron chi connectivity index (χ0n) is 27.4. The Hall–Kier alpha value is -4.84. The van der Waals surface area contributed by atoms with Crippen LogP contribution < -0.4 is 16.0 Å². The van der Waals surface area contributed by atoms with Crippen LogP contribution >= 0.6 is 0 Å². The molecule has 4 aromatic rings. The van der Waals surface area contributed by atoms with Gasteiger partial charge in [0.15, 0.2) is 0 Å². The number of Topliss-reactive ketones (excluding diaryl/α,β-unsaturated/α-hetero) is 3. The van der Waals surface area contributed by atoms with Crippen LogP contribution in [-0.2, 0) is 14.4 Å². The number of para-hydroxylation sites is 2. The molecular weight excluding hydrogens is 608 g/mol. The highest BCUT2D eigenvalue weighted by Gasteiger charge is 2.32. The molecule has 254 valence electrons. The van der Waals surface area contributed by atoms with Crippen LogP contribution in [0.3, 0.4) is 0 Å². The summed E-state index contributed by atoms with van der Waals surface area (Å²) in [4.78, 5) is 66.4. The normalized spacial score (nSPS) is 14.5. The second-order valence-corrected chi connectivity index (χ2v) is 12.0. The number of anilines is 2. The van der Waals surface area contributed by atoms with Crippen molar-refractivity contribution in [3.05, 3.63) is 77.9 Å². The summed E-state index contributed by atoms with van der Waals surface area (Å²) >= 11 is 0. The number of carbonyl (C=O) groups excluding carboxylic acids is 5. The molecule has 0 atom stereocenters. The summed E-state index contributed by atoms with van der Waals surface area (Å²) in [6.07, 6.45) is 2.20. The molecular formula is C37H46N6O5. The van der Waals surface area contributed by atoms with Crippen molar-refractivity contribution in [3.8, 4) is 0 Å². The van der Waals surface area contributed by atoms with Crippen molar-refractivity contribution in [1.29, 1.82) is 0 Å². The second-order valence-electron chi connectivity index (χ2n) is 12.0. The molecule has 1 saturated carbocycles. The minimum Gasteiger partial charge on any atom is -0.329 e. The van der Waals surface area contributed by atoms with Crippen LogP contribution in [0.5, 0.6) is 0 Å². The lowest BCUT2D eigenvalue weighted by molar-refractivity contribution is -0.129. The molecule has 11 nitrogen and oxygen atoms in total. The number of likely N-dealkylation sites (N-methyl/N-ethyl adjacent to an activating group) is 2. The van der Waals surface area contributed by atoms with Crippen molar-refractivity contribution in [1.82, 2.24) is 14.8 Å². The Morgan fingerprint density at radius 3 is 2.00 bits per heavy atom. The van der Waals surface area contributed by atoms with E-state index >= 15 is 0 Å². The van der Waals surface area contributed by atoms with E-state index < -0.39 is 11.7 Å². The molecule has 3 aromatic carbocycles. The first-order chi connectivity index (χ1) is 22.5. The predicted octanol–water partition coefficient (Wildman–Crippen LogP) is 4.57. The third-order valence-electron chi connectivity index (χ3n) is 7.71. The standard InChI is InChI=1S/C18H17N3O.C8H5NO2.C6H8O2.C4H12N2.CH4/c1-20(2)10-11-21-15-9-5-8-14-17(15)16(18(21)22)12-6-3-4-7-13(12)19-14;10-7-5-3-1-2-4-6(5)9-8(7)11;7-5-2-1-3-6(8)4-5;1-6(2)4-3-5;/h3-9H,10-11H2,1-2H3;1-4H,(H,9,10,11);1-4H2;3-5H2,1-2H3;1H4. The lowest BCUT2D eigenvalue weighted by Crippen LogP contribution is -2.34. The third kappa shape index (κ3) is 9.15. The van der Waals surface area contributed by atoms with Crippen LogP contribution in [-0.4, -0.2) is 98.3 Å². The number of hydrogen-bond acceptors (Lipinski definition) is 9. The predicted molar refractivity (Wildman–Crippen MR) is 192 cm³/mol. The first kappa shape index (κ1) is 37.6. The van der Waals surface area contributed by atoms with Gasteiger partial charge in [-0.25, -0.2) is 4.98 Å². The molecule has 48 heavy (non-hydrogen) atoms. The Kier molecular flexibility index (Phi) is 13.6. The number of aromatic nitrogens is 1. The van der Waals surface area contributed by atoms with Crippen LogP contribution in [0.4, 0.5) is 11.4 Å². The zero-order chi connectivity index (χ0) is 34.1. The summed E-state index contributed by atoms with van der Waals surface area (Å²) in [6.45, 7) is 3.27. The van der Waals surface area contributed by atoms with Crippen molar-refractivity contribution in [3.63, 3.8) is 0 Å². The Morgan fingerprint density at radius 1 is 0.792 bits per heavy atom. The molecule has 11 heteroatoms. The Morgan fingerprint density at radius 2 is 1.42 bits per heavy atom. The van der Waals surface area contributed by atoms with Crippen LogP contribution in [0.1, 0.15) is 53.8 Å². The fraction of sp³-hybridized carbons (Fsp3) is 0.351. The van der Waals surface area contributed by atoms with Crippen LogP contribution in [0.15, 0.2) is 66.7 Å². The fourth-order valence-electron chi connectivity index (χ4n) is 5.37. The SMILES string of the molecule is C.CN(C)CCN.CN(C)CCN1C(=O)c2c3ccccc3nc3cccc1c23.O=C1CCCC(=O)C1.O=C1Nc2ccccc2C1=O. The minimum absolute atomic E-state index is 0. The van der Waals surface area contributed by atoms with Crippen molar-refractivity contribution in [2.45, 2.75) is 33.1 Å². The summed E-state index contributed by atoms with van der Waals surface area (Å²) < 4.78 is 0. The number of rotatable bonds is 5. The number of ketones is 3. The van der Waals surface area contributed by atoms with Gasteiger partial charge in [0.25, 0.3) is 17.6 Å². The molecule has 1 fully saturated rings. The summed E-state index contributed by atoms with van der Waals surface area (Å²) in [7, 11) is 8.05. The molecule has 2 aliphatic heterocycles. The third-order valence-corrected chi connectivity index (χ3v) is 7.71. The van der Waals surface area contributed by atoms with Gasteiger partial charge in [0.2, 0.25) is 0 Å². The van der Waals surface area contributed by atoms with Crippen LogP contribution in [0.25, 0.3) is 21.8 Å². The van der Waals surface area contributed by atoms with Gasteiger partial charge in [0, 0.05) is 49.8 Å². The zero-order valence-corrected chi connectivity index (χ0v) is 27.4. The van der Waals surface area contributed by atoms with E-state index in [4.69, 9.17) is 10.7 Å². The quantitative estimate of drug-likeness (QED) is 0.180. The summed E-state index contributed by atoms with van der Waals surface area (Å²) in [5.41, 5.74) is 9.83. The highest BCUT2D eigenvalue weighted by molar-refractivity contribution is 6.51. The van der Waals surface area contributed by atoms with Gasteiger partial charge in [0.05, 0.1) is 40.0 Å². The summed E-state index contributed by atoms with van der Waals surface area (Å²) in [5, 5.41) is 4.39. The molecule has 0 radical (unpaired) electrons. The lowest BCUT2D eigenvalue weighted by atomic mass is 9.98. The average Bonchev–Trinajstić information content (AvgIpc) is 3.49. The molecule has 3 heterocycles. The molecule has 2 amide bonds. The number of hydrogen-bond donors (Lipinski definition) is 2. The van der Waals surface area contributed by atoms with Crippen LogP contribution in [0, 0.1) is 0 Å². The van der Waals surface area contributed by atoms with E-state index in [9.17, 15) is 24.0 Å². The monoisotopic (exact) mass is 654 g/mol. The first-order valence-corrected chi connectivity index (χ1v) is 15.6. The summed E-state index contributed by atoms with van der Waals surface area (Å²) in [5.74, 6) is -0.666. The number of amides is 2. The van der Waals surface area contributed by atoms with Gasteiger partial charge < -0.3 is 25.8 Å². The molecule has 3 aliphatic rings. The number of fused-ring (bicyclic) bond motifs is 3. The lowest BCUT2D eigenvalue weighted by Gasteiger charge is -2.20. The molecule has 0 spiro atoms. The van der Waals surface area contributed by atoms with Crippen molar-refractivity contribution >= 4 is 62.3 Å². The first-order valence-electron chi connectivity index (χ1n) is 15.6. The van der Waals surface area contributed by atoms with Crippen molar-refractivity contribution in [2.75, 3.05) is 64.6 Å². The van der Waals surface area contributed by atoms with E-state index in [2.05, 4.69) is 15.1 Å². The van der Waals surface area contributed by atoms with E-state index in [0.29, 0.717) is 30.6 Å². The van der Waals surface area contributed by atoms with E-state index in [-0.39, 0.29) is 31.3 Å². The van der Waals surface area contributed by atoms with E-state index in [1.165, 1.54) is 0 Å². The summed E-state index contributed by atoms with van der Waals surface area (Å²) in [6, 6.07) is 20.7. The molecule has 0 bridgehead atoms.